The van der Waals surface area contributed by atoms with Crippen LogP contribution in [0.4, 0.5) is 0 Å². The molecule has 2 saturated heterocycles. The summed E-state index contributed by atoms with van der Waals surface area (Å²) in [7, 11) is 0. The Balaban J connectivity index is 1.24. The van der Waals surface area contributed by atoms with E-state index in [1.54, 1.807) is 16.2 Å². The van der Waals surface area contributed by atoms with Crippen LogP contribution in [0.2, 0.25) is 0 Å². The fraction of sp³-hybridized carbons (Fsp3) is 0.318. The van der Waals surface area contributed by atoms with Crippen LogP contribution in [0.25, 0.3) is 10.4 Å². The Morgan fingerprint density at radius 2 is 1.57 bits per heavy atom. The van der Waals surface area contributed by atoms with Gasteiger partial charge in [-0.3, -0.25) is 19.3 Å². The molecular formula is C22H20N2O3S. The molecule has 1 aliphatic carbocycles. The number of carbonyl (C=O) groups excluding carboxylic acids is 3. The maximum absolute atomic E-state index is 12.7. The van der Waals surface area contributed by atoms with Crippen molar-refractivity contribution in [1.82, 2.24) is 9.80 Å². The van der Waals surface area contributed by atoms with E-state index in [1.807, 2.05) is 47.9 Å². The molecule has 3 amide bonds. The summed E-state index contributed by atoms with van der Waals surface area (Å²) in [6, 6.07) is 11.5. The molecular weight excluding hydrogens is 372 g/mol. The molecule has 0 spiro atoms. The van der Waals surface area contributed by atoms with E-state index in [0.29, 0.717) is 31.5 Å². The van der Waals surface area contributed by atoms with Gasteiger partial charge in [0.1, 0.15) is 0 Å². The van der Waals surface area contributed by atoms with Crippen LogP contribution in [-0.4, -0.2) is 46.7 Å². The van der Waals surface area contributed by atoms with Gasteiger partial charge in [0.05, 0.1) is 17.9 Å². The molecule has 6 heteroatoms. The average Bonchev–Trinajstić information content (AvgIpc) is 3.31. The monoisotopic (exact) mass is 392 g/mol. The highest BCUT2D eigenvalue weighted by Gasteiger charge is 2.52. The minimum absolute atomic E-state index is 0.0489. The second-order valence-corrected chi connectivity index (χ2v) is 8.57. The fourth-order valence-corrected chi connectivity index (χ4v) is 5.11. The third-order valence-electron chi connectivity index (χ3n) is 5.99. The van der Waals surface area contributed by atoms with E-state index >= 15 is 0 Å². The predicted molar refractivity (Wildman–Crippen MR) is 107 cm³/mol. The van der Waals surface area contributed by atoms with Crippen molar-refractivity contribution in [2.75, 3.05) is 13.1 Å². The lowest BCUT2D eigenvalue weighted by Gasteiger charge is -2.43. The summed E-state index contributed by atoms with van der Waals surface area (Å²) in [5, 5.41) is 2.03. The number of fused-ring (bicyclic) bond motifs is 1. The SMILES string of the molecule is O=C(c1ccc(-c2cccs2)cc1)N1CC(N2C(=O)[C@H]3CC=CC[C@@H]3C2=O)C1. The van der Waals surface area contributed by atoms with Crippen LogP contribution in [0.3, 0.4) is 0 Å². The zero-order chi connectivity index (χ0) is 19.3. The first kappa shape index (κ1) is 17.4. The molecule has 2 fully saturated rings. The maximum atomic E-state index is 12.7. The molecule has 0 radical (unpaired) electrons. The molecule has 2 atom stereocenters. The zero-order valence-corrected chi connectivity index (χ0v) is 16.1. The molecule has 0 saturated carbocycles. The van der Waals surface area contributed by atoms with E-state index < -0.39 is 0 Å². The summed E-state index contributed by atoms with van der Waals surface area (Å²) in [4.78, 5) is 42.4. The largest absolute Gasteiger partial charge is 0.334 e. The molecule has 28 heavy (non-hydrogen) atoms. The van der Waals surface area contributed by atoms with Crippen molar-refractivity contribution >= 4 is 29.1 Å². The maximum Gasteiger partial charge on any atom is 0.253 e. The molecule has 0 unspecified atom stereocenters. The molecule has 3 heterocycles. The highest BCUT2D eigenvalue weighted by molar-refractivity contribution is 7.13. The highest BCUT2D eigenvalue weighted by Crippen LogP contribution is 2.37. The topological polar surface area (TPSA) is 57.7 Å². The molecule has 2 aliphatic heterocycles. The van der Waals surface area contributed by atoms with Gasteiger partial charge in [-0.1, -0.05) is 30.4 Å². The molecule has 2 aromatic rings. The van der Waals surface area contributed by atoms with E-state index in [9.17, 15) is 14.4 Å². The lowest BCUT2D eigenvalue weighted by Crippen LogP contribution is -2.62. The second kappa shape index (κ2) is 6.71. The van der Waals surface area contributed by atoms with Gasteiger partial charge in [-0.05, 0) is 42.0 Å². The summed E-state index contributed by atoms with van der Waals surface area (Å²) in [5.74, 6) is -0.570. The molecule has 142 valence electrons. The van der Waals surface area contributed by atoms with Gasteiger partial charge in [-0.25, -0.2) is 0 Å². The van der Waals surface area contributed by atoms with Crippen LogP contribution in [0.15, 0.2) is 53.9 Å². The van der Waals surface area contributed by atoms with Crippen molar-refractivity contribution in [3.63, 3.8) is 0 Å². The number of carbonyl (C=O) groups is 3. The van der Waals surface area contributed by atoms with Crippen molar-refractivity contribution in [3.8, 4) is 10.4 Å². The minimum atomic E-state index is -0.202. The van der Waals surface area contributed by atoms with Gasteiger partial charge in [-0.2, -0.15) is 0 Å². The van der Waals surface area contributed by atoms with Crippen molar-refractivity contribution in [3.05, 3.63) is 59.5 Å². The van der Waals surface area contributed by atoms with Crippen molar-refractivity contribution in [2.45, 2.75) is 18.9 Å². The number of benzene rings is 1. The Bertz CT molecular complexity index is 932. The summed E-state index contributed by atoms with van der Waals surface area (Å²) in [5.41, 5.74) is 1.73. The number of hydrogen-bond donors (Lipinski definition) is 0. The van der Waals surface area contributed by atoms with Crippen LogP contribution in [0.1, 0.15) is 23.2 Å². The van der Waals surface area contributed by atoms with Crippen LogP contribution in [0.5, 0.6) is 0 Å². The third kappa shape index (κ3) is 2.71. The fourth-order valence-electron chi connectivity index (χ4n) is 4.37. The second-order valence-electron chi connectivity index (χ2n) is 7.62. The number of imide groups is 1. The van der Waals surface area contributed by atoms with E-state index in [-0.39, 0.29) is 35.6 Å². The van der Waals surface area contributed by atoms with Gasteiger partial charge in [0.25, 0.3) is 5.91 Å². The molecule has 5 rings (SSSR count). The normalized spacial score (nSPS) is 24.4. The van der Waals surface area contributed by atoms with Gasteiger partial charge in [0.15, 0.2) is 0 Å². The van der Waals surface area contributed by atoms with Crippen molar-refractivity contribution in [1.29, 1.82) is 0 Å². The van der Waals surface area contributed by atoms with Gasteiger partial charge >= 0.3 is 0 Å². The lowest BCUT2D eigenvalue weighted by molar-refractivity contribution is -0.145. The summed E-state index contributed by atoms with van der Waals surface area (Å²) in [6.07, 6.45) is 5.29. The molecule has 1 aromatic heterocycles. The zero-order valence-electron chi connectivity index (χ0n) is 15.3. The first-order valence-electron chi connectivity index (χ1n) is 9.58. The Labute approximate surface area is 167 Å². The Morgan fingerprint density at radius 1 is 0.929 bits per heavy atom. The molecule has 1 aromatic carbocycles. The summed E-state index contributed by atoms with van der Waals surface area (Å²) >= 11 is 1.67. The molecule has 3 aliphatic rings. The molecule has 0 N–H and O–H groups in total. The smallest absolute Gasteiger partial charge is 0.253 e. The number of nitrogens with zero attached hydrogens (tertiary/aromatic N) is 2. The highest BCUT2D eigenvalue weighted by atomic mass is 32.1. The van der Waals surface area contributed by atoms with Crippen molar-refractivity contribution in [2.24, 2.45) is 11.8 Å². The number of allylic oxidation sites excluding steroid dienone is 2. The number of rotatable bonds is 3. The van der Waals surface area contributed by atoms with Crippen LogP contribution in [-0.2, 0) is 9.59 Å². The van der Waals surface area contributed by atoms with Gasteiger partial charge in [0.2, 0.25) is 11.8 Å². The quantitative estimate of drug-likeness (QED) is 0.595. The lowest BCUT2D eigenvalue weighted by atomic mass is 9.85. The molecule has 0 bridgehead atoms. The minimum Gasteiger partial charge on any atom is -0.334 e. The Hall–Kier alpha value is -2.73. The van der Waals surface area contributed by atoms with E-state index in [4.69, 9.17) is 0 Å². The van der Waals surface area contributed by atoms with Gasteiger partial charge in [0, 0.05) is 23.5 Å². The standard InChI is InChI=1S/C22H20N2O3S/c25-20(15-9-7-14(8-10-15)19-6-3-11-28-19)23-12-16(13-23)24-21(26)17-4-1-2-5-18(17)22(24)27/h1-3,6-11,16-18H,4-5,12-13H2/t17-,18-/m0/s1. The van der Waals surface area contributed by atoms with Crippen molar-refractivity contribution < 1.29 is 14.4 Å². The van der Waals surface area contributed by atoms with E-state index in [1.165, 1.54) is 9.78 Å². The summed E-state index contributed by atoms with van der Waals surface area (Å²) < 4.78 is 0. The Morgan fingerprint density at radius 3 is 2.14 bits per heavy atom. The van der Waals surface area contributed by atoms with Crippen LogP contribution < -0.4 is 0 Å². The third-order valence-corrected chi connectivity index (χ3v) is 6.91. The number of hydrogen-bond acceptors (Lipinski definition) is 4. The first-order valence-corrected chi connectivity index (χ1v) is 10.5. The van der Waals surface area contributed by atoms with E-state index in [0.717, 1.165) is 5.56 Å². The molecule has 5 nitrogen and oxygen atoms in total. The van der Waals surface area contributed by atoms with Gasteiger partial charge < -0.3 is 4.90 Å². The van der Waals surface area contributed by atoms with Crippen LogP contribution >= 0.6 is 11.3 Å². The number of likely N-dealkylation sites (tertiary alicyclic amines) is 2. The average molecular weight is 392 g/mol. The van der Waals surface area contributed by atoms with Gasteiger partial charge in [-0.15, -0.1) is 11.3 Å². The van der Waals surface area contributed by atoms with E-state index in [2.05, 4.69) is 6.07 Å². The number of thiophene rings is 1. The van der Waals surface area contributed by atoms with Crippen LogP contribution in [0, 0.1) is 11.8 Å². The Kier molecular flexibility index (Phi) is 4.16. The summed E-state index contributed by atoms with van der Waals surface area (Å²) in [6.45, 7) is 0.853. The number of amides is 3. The predicted octanol–water partition coefficient (Wildman–Crippen LogP) is 3.19. The first-order chi connectivity index (χ1) is 13.6.